The third-order valence-corrected chi connectivity index (χ3v) is 9.45. The zero-order valence-electron chi connectivity index (χ0n) is 22.7. The number of hydrogen-bond acceptors (Lipinski definition) is 7. The lowest BCUT2D eigenvalue weighted by Gasteiger charge is -2.65. The molecule has 0 saturated heterocycles. The highest BCUT2D eigenvalue weighted by molar-refractivity contribution is 5.93. The van der Waals surface area contributed by atoms with E-state index in [-0.39, 0.29) is 54.7 Å². The second-order valence-electron chi connectivity index (χ2n) is 12.8. The van der Waals surface area contributed by atoms with Crippen LogP contribution >= 0.6 is 0 Å². The molecule has 2 atom stereocenters. The fraction of sp³-hybridized carbons (Fsp3) is 0.643. The fourth-order valence-electron chi connectivity index (χ4n) is 7.22. The maximum absolute atomic E-state index is 14.0. The molecule has 5 fully saturated rings. The van der Waals surface area contributed by atoms with Crippen molar-refractivity contribution in [3.8, 4) is 0 Å². The van der Waals surface area contributed by atoms with Crippen LogP contribution in [-0.2, 0) is 4.79 Å². The number of rotatable bonds is 9. The Morgan fingerprint density at radius 2 is 1.76 bits per heavy atom. The Morgan fingerprint density at radius 1 is 1.05 bits per heavy atom. The Morgan fingerprint density at radius 3 is 2.39 bits per heavy atom. The van der Waals surface area contributed by atoms with Crippen LogP contribution < -0.4 is 10.6 Å². The summed E-state index contributed by atoms with van der Waals surface area (Å²) in [5.41, 5.74) is 1.000. The van der Waals surface area contributed by atoms with Gasteiger partial charge in [0.25, 0.3) is 5.91 Å². The highest BCUT2D eigenvalue weighted by Crippen LogP contribution is 2.71. The van der Waals surface area contributed by atoms with E-state index in [0.717, 1.165) is 18.4 Å². The summed E-state index contributed by atoms with van der Waals surface area (Å²) < 4.78 is 48.1. The van der Waals surface area contributed by atoms with E-state index in [1.54, 1.807) is 23.8 Å². The minimum absolute atomic E-state index is 0.0314. The number of imidazole rings is 1. The summed E-state index contributed by atoms with van der Waals surface area (Å²) in [5.74, 6) is -3.27. The molecule has 41 heavy (non-hydrogen) atoms. The number of carbonyl (C=O) groups excluding carboxylic acids is 2. The first kappa shape index (κ1) is 26.4. The van der Waals surface area contributed by atoms with E-state index in [4.69, 9.17) is 4.98 Å². The number of alkyl halides is 3. The van der Waals surface area contributed by atoms with Crippen LogP contribution in [-0.4, -0.2) is 48.3 Å². The summed E-state index contributed by atoms with van der Waals surface area (Å²) in [5, 5.41) is 18.0. The van der Waals surface area contributed by atoms with Crippen molar-refractivity contribution in [1.29, 1.82) is 0 Å². The number of aromatic nitrogens is 5. The van der Waals surface area contributed by atoms with Crippen LogP contribution in [0.15, 0.2) is 23.1 Å². The standard InChI is InChI=1S/C28H32F3N7O3/c1-15-22(37-41-36-15)25(40)35-24(17-4-6-28(30,31)7-5-17)19-11-38-20(33-19)8-18(10-32-38)23(16-2-3-16)34-21(39)9-26-12-27(29,13-26)14-26/h8,10-11,16-17,23-24H,2-7,9,12-14H2,1H3,(H,34,39)(H,35,40)/t23-,24+,26?,27?/m1/s1. The number of hydrogen-bond donors (Lipinski definition) is 2. The Hall–Kier alpha value is -3.51. The third kappa shape index (κ3) is 4.97. The van der Waals surface area contributed by atoms with Crippen LogP contribution in [0.25, 0.3) is 5.65 Å². The quantitative estimate of drug-likeness (QED) is 0.385. The van der Waals surface area contributed by atoms with Gasteiger partial charge < -0.3 is 10.6 Å². The van der Waals surface area contributed by atoms with E-state index in [9.17, 15) is 22.8 Å². The largest absolute Gasteiger partial charge is 0.349 e. The predicted molar refractivity (Wildman–Crippen MR) is 137 cm³/mol. The van der Waals surface area contributed by atoms with E-state index in [1.165, 1.54) is 0 Å². The minimum atomic E-state index is -2.72. The van der Waals surface area contributed by atoms with Crippen molar-refractivity contribution < 1.29 is 27.4 Å². The van der Waals surface area contributed by atoms with Crippen LogP contribution in [0.4, 0.5) is 13.2 Å². The van der Waals surface area contributed by atoms with Gasteiger partial charge in [-0.3, -0.25) is 9.59 Å². The van der Waals surface area contributed by atoms with Crippen LogP contribution in [0, 0.1) is 24.2 Å². The molecule has 0 unspecified atom stereocenters. The molecule has 8 rings (SSSR count). The number of nitrogens with one attached hydrogen (secondary N) is 2. The average Bonchev–Trinajstić information content (AvgIpc) is 3.49. The number of fused-ring (bicyclic) bond motifs is 1. The van der Waals surface area contributed by atoms with Gasteiger partial charge in [-0.2, -0.15) is 5.10 Å². The predicted octanol–water partition coefficient (Wildman–Crippen LogP) is 4.57. The van der Waals surface area contributed by atoms with Gasteiger partial charge in [0.2, 0.25) is 11.8 Å². The number of aryl methyl sites for hydroxylation is 1. The Kier molecular flexibility index (Phi) is 5.95. The topological polar surface area (TPSA) is 127 Å². The van der Waals surface area contributed by atoms with Crippen LogP contribution in [0.2, 0.25) is 0 Å². The summed E-state index contributed by atoms with van der Waals surface area (Å²) in [6, 6.07) is 1.01. The highest BCUT2D eigenvalue weighted by Gasteiger charge is 2.69. The maximum atomic E-state index is 14.0. The number of amides is 2. The van der Waals surface area contributed by atoms with E-state index in [2.05, 4.69) is 30.7 Å². The van der Waals surface area contributed by atoms with Crippen LogP contribution in [0.3, 0.4) is 0 Å². The molecule has 5 aliphatic rings. The summed E-state index contributed by atoms with van der Waals surface area (Å²) in [6.45, 7) is 1.60. The van der Waals surface area contributed by atoms with E-state index in [1.807, 2.05) is 6.07 Å². The van der Waals surface area contributed by atoms with Gasteiger partial charge in [0.1, 0.15) is 11.4 Å². The van der Waals surface area contributed by atoms with Gasteiger partial charge in [-0.05, 0) is 85.9 Å². The molecule has 2 bridgehead atoms. The van der Waals surface area contributed by atoms with Crippen molar-refractivity contribution >= 4 is 17.5 Å². The summed E-state index contributed by atoms with van der Waals surface area (Å²) >= 11 is 0. The lowest BCUT2D eigenvalue weighted by atomic mass is 9.41. The molecular weight excluding hydrogens is 539 g/mol. The molecule has 0 radical (unpaired) electrons. The van der Waals surface area contributed by atoms with Gasteiger partial charge in [0.05, 0.1) is 30.2 Å². The number of carbonyl (C=O) groups is 2. The van der Waals surface area contributed by atoms with Gasteiger partial charge in [0.15, 0.2) is 11.3 Å². The van der Waals surface area contributed by atoms with Crippen molar-refractivity contribution in [3.05, 3.63) is 41.1 Å². The second-order valence-corrected chi connectivity index (χ2v) is 12.8. The number of nitrogens with zero attached hydrogens (tertiary/aromatic N) is 5. The molecule has 3 aromatic heterocycles. The SMILES string of the molecule is Cc1nonc1C(=O)N[C@H](c1cn2ncc([C@H](NC(=O)CC34CC(F)(C3)C4)C3CC3)cc2n1)C1CCC(F)(F)CC1. The maximum Gasteiger partial charge on any atom is 0.276 e. The first-order valence-corrected chi connectivity index (χ1v) is 14.3. The van der Waals surface area contributed by atoms with Crippen molar-refractivity contribution in [2.24, 2.45) is 17.3 Å². The summed E-state index contributed by atoms with van der Waals surface area (Å²) in [7, 11) is 0. The molecule has 5 aliphatic carbocycles. The molecule has 218 valence electrons. The van der Waals surface area contributed by atoms with Crippen molar-refractivity contribution in [3.63, 3.8) is 0 Å². The molecule has 2 N–H and O–H groups in total. The minimum Gasteiger partial charge on any atom is -0.349 e. The smallest absolute Gasteiger partial charge is 0.276 e. The Balaban J connectivity index is 1.13. The van der Waals surface area contributed by atoms with E-state index < -0.39 is 23.5 Å². The Labute approximate surface area is 233 Å². The van der Waals surface area contributed by atoms with Gasteiger partial charge in [0, 0.05) is 19.3 Å². The molecular formula is C28H32F3N7O3. The highest BCUT2D eigenvalue weighted by atomic mass is 19.3. The van der Waals surface area contributed by atoms with E-state index >= 15 is 0 Å². The molecule has 3 aromatic rings. The van der Waals surface area contributed by atoms with Gasteiger partial charge >= 0.3 is 0 Å². The van der Waals surface area contributed by atoms with Crippen molar-refractivity contribution in [2.75, 3.05) is 0 Å². The fourth-order valence-corrected chi connectivity index (χ4v) is 7.22. The van der Waals surface area contributed by atoms with Gasteiger partial charge in [-0.1, -0.05) is 5.16 Å². The van der Waals surface area contributed by atoms with Crippen molar-refractivity contribution in [1.82, 2.24) is 35.5 Å². The molecule has 0 aromatic carbocycles. The lowest BCUT2D eigenvalue weighted by Crippen LogP contribution is -2.65. The molecule has 0 aliphatic heterocycles. The monoisotopic (exact) mass is 571 g/mol. The number of halogens is 3. The van der Waals surface area contributed by atoms with E-state index in [0.29, 0.717) is 48.6 Å². The molecule has 10 nitrogen and oxygen atoms in total. The zero-order valence-corrected chi connectivity index (χ0v) is 22.7. The first-order valence-electron chi connectivity index (χ1n) is 14.3. The summed E-state index contributed by atoms with van der Waals surface area (Å²) in [4.78, 5) is 30.7. The third-order valence-electron chi connectivity index (χ3n) is 9.45. The van der Waals surface area contributed by atoms with Crippen LogP contribution in [0.1, 0.15) is 104 Å². The molecule has 0 spiro atoms. The van der Waals surface area contributed by atoms with Crippen molar-refractivity contribution in [2.45, 2.75) is 94.8 Å². The molecule has 3 heterocycles. The van der Waals surface area contributed by atoms with Crippen LogP contribution in [0.5, 0.6) is 0 Å². The molecule has 2 amide bonds. The molecule has 13 heteroatoms. The second kappa shape index (κ2) is 9.25. The summed E-state index contributed by atoms with van der Waals surface area (Å²) in [6.07, 6.45) is 7.09. The molecule has 5 saturated carbocycles. The lowest BCUT2D eigenvalue weighted by molar-refractivity contribution is -0.215. The van der Waals surface area contributed by atoms with Gasteiger partial charge in [-0.15, -0.1) is 0 Å². The zero-order chi connectivity index (χ0) is 28.6. The van der Waals surface area contributed by atoms with Gasteiger partial charge in [-0.25, -0.2) is 27.3 Å². The Bertz CT molecular complexity index is 1490. The first-order chi connectivity index (χ1) is 19.5. The normalized spacial score (nSPS) is 28.4. The average molecular weight is 572 g/mol.